The van der Waals surface area contributed by atoms with Crippen LogP contribution in [0.25, 0.3) is 0 Å². The zero-order valence-corrected chi connectivity index (χ0v) is 12.1. The van der Waals surface area contributed by atoms with Crippen molar-refractivity contribution in [2.45, 2.75) is 19.9 Å². The Hall–Kier alpha value is -2.07. The van der Waals surface area contributed by atoms with Crippen LogP contribution in [0.5, 0.6) is 0 Å². The third-order valence-corrected chi connectivity index (χ3v) is 3.27. The number of rotatable bonds is 3. The number of benzene rings is 1. The Kier molecular flexibility index (Phi) is 4.25. The van der Waals surface area contributed by atoms with E-state index in [1.54, 1.807) is 0 Å². The highest BCUT2D eigenvalue weighted by Gasteiger charge is 2.14. The maximum absolute atomic E-state index is 12.2. The second-order valence-corrected chi connectivity index (χ2v) is 5.04. The van der Waals surface area contributed by atoms with Gasteiger partial charge in [0.2, 0.25) is 0 Å². The molecule has 0 aliphatic rings. The standard InChI is InChI=1S/C15H16ClN3O/c1-9-5-3-4-6-12(9)10(2)18-15(20)11-7-13(16)19-14(17)8-11/h3-8,10H,1-2H3,(H2,17,19)(H,18,20). The Balaban J connectivity index is 2.17. The fourth-order valence-corrected chi connectivity index (χ4v) is 2.29. The van der Waals surface area contributed by atoms with E-state index in [4.69, 9.17) is 17.3 Å². The number of pyridine rings is 1. The molecule has 0 radical (unpaired) electrons. The topological polar surface area (TPSA) is 68.0 Å². The summed E-state index contributed by atoms with van der Waals surface area (Å²) in [6.45, 7) is 3.95. The lowest BCUT2D eigenvalue weighted by Gasteiger charge is -2.16. The number of nitrogens with one attached hydrogen (secondary N) is 1. The van der Waals surface area contributed by atoms with Gasteiger partial charge >= 0.3 is 0 Å². The van der Waals surface area contributed by atoms with E-state index in [0.29, 0.717) is 5.56 Å². The largest absolute Gasteiger partial charge is 0.384 e. The number of anilines is 1. The number of carbonyl (C=O) groups excluding carboxylic acids is 1. The molecular weight excluding hydrogens is 274 g/mol. The van der Waals surface area contributed by atoms with Gasteiger partial charge in [-0.3, -0.25) is 4.79 Å². The second kappa shape index (κ2) is 5.92. The predicted octanol–water partition coefficient (Wildman–Crippen LogP) is 3.12. The summed E-state index contributed by atoms with van der Waals surface area (Å²) in [6, 6.07) is 10.8. The van der Waals surface area contributed by atoms with Crippen LogP contribution in [0.3, 0.4) is 0 Å². The number of carbonyl (C=O) groups is 1. The van der Waals surface area contributed by atoms with Gasteiger partial charge in [0.25, 0.3) is 5.91 Å². The Labute approximate surface area is 123 Å². The van der Waals surface area contributed by atoms with E-state index >= 15 is 0 Å². The molecule has 0 bridgehead atoms. The Morgan fingerprint density at radius 1 is 1.35 bits per heavy atom. The molecule has 3 N–H and O–H groups in total. The van der Waals surface area contributed by atoms with Crippen LogP contribution in [0.15, 0.2) is 36.4 Å². The Morgan fingerprint density at radius 2 is 2.05 bits per heavy atom. The van der Waals surface area contributed by atoms with E-state index in [9.17, 15) is 4.79 Å². The lowest BCUT2D eigenvalue weighted by molar-refractivity contribution is 0.0939. The van der Waals surface area contributed by atoms with Crippen LogP contribution in [0.2, 0.25) is 5.15 Å². The van der Waals surface area contributed by atoms with Gasteiger partial charge in [-0.05, 0) is 37.1 Å². The summed E-state index contributed by atoms with van der Waals surface area (Å²) in [4.78, 5) is 16.0. The monoisotopic (exact) mass is 289 g/mol. The molecule has 104 valence electrons. The second-order valence-electron chi connectivity index (χ2n) is 4.66. The van der Waals surface area contributed by atoms with Crippen LogP contribution in [-0.2, 0) is 0 Å². The molecule has 0 saturated heterocycles. The quantitative estimate of drug-likeness (QED) is 0.853. The predicted molar refractivity (Wildman–Crippen MR) is 80.7 cm³/mol. The van der Waals surface area contributed by atoms with E-state index < -0.39 is 0 Å². The van der Waals surface area contributed by atoms with Crippen molar-refractivity contribution in [3.8, 4) is 0 Å². The van der Waals surface area contributed by atoms with Crippen LogP contribution in [0.1, 0.15) is 34.5 Å². The van der Waals surface area contributed by atoms with Crippen molar-refractivity contribution in [3.63, 3.8) is 0 Å². The Bertz CT molecular complexity index is 623. The first kappa shape index (κ1) is 14.3. The molecule has 1 aromatic heterocycles. The average molecular weight is 290 g/mol. The Morgan fingerprint density at radius 3 is 2.70 bits per heavy atom. The molecule has 2 rings (SSSR count). The zero-order chi connectivity index (χ0) is 14.7. The van der Waals surface area contributed by atoms with Crippen molar-refractivity contribution >= 4 is 23.3 Å². The van der Waals surface area contributed by atoms with E-state index in [0.717, 1.165) is 11.1 Å². The van der Waals surface area contributed by atoms with Gasteiger partial charge in [0.1, 0.15) is 11.0 Å². The number of hydrogen-bond acceptors (Lipinski definition) is 3. The molecule has 1 amide bonds. The van der Waals surface area contributed by atoms with E-state index in [2.05, 4.69) is 10.3 Å². The van der Waals surface area contributed by atoms with Crippen molar-refractivity contribution in [2.24, 2.45) is 0 Å². The minimum Gasteiger partial charge on any atom is -0.384 e. The molecule has 0 spiro atoms. The summed E-state index contributed by atoms with van der Waals surface area (Å²) in [5.41, 5.74) is 8.20. The fraction of sp³-hybridized carbons (Fsp3) is 0.200. The highest BCUT2D eigenvalue weighted by atomic mass is 35.5. The lowest BCUT2D eigenvalue weighted by atomic mass is 10.0. The van der Waals surface area contributed by atoms with Crippen LogP contribution < -0.4 is 11.1 Å². The van der Waals surface area contributed by atoms with Crippen molar-refractivity contribution in [3.05, 3.63) is 58.2 Å². The summed E-state index contributed by atoms with van der Waals surface area (Å²) in [6.07, 6.45) is 0. The highest BCUT2D eigenvalue weighted by Crippen LogP contribution is 2.18. The van der Waals surface area contributed by atoms with Gasteiger partial charge in [0, 0.05) is 5.56 Å². The van der Waals surface area contributed by atoms with Gasteiger partial charge in [-0.1, -0.05) is 35.9 Å². The molecule has 0 aliphatic carbocycles. The number of nitrogens with zero attached hydrogens (tertiary/aromatic N) is 1. The minimum absolute atomic E-state index is 0.100. The summed E-state index contributed by atoms with van der Waals surface area (Å²) in [5.74, 6) is 0.00273. The first-order chi connectivity index (χ1) is 9.47. The molecule has 0 fully saturated rings. The maximum Gasteiger partial charge on any atom is 0.251 e. The average Bonchev–Trinajstić information content (AvgIpc) is 2.37. The van der Waals surface area contributed by atoms with E-state index in [1.165, 1.54) is 12.1 Å². The summed E-state index contributed by atoms with van der Waals surface area (Å²) >= 11 is 5.80. The van der Waals surface area contributed by atoms with Crippen molar-refractivity contribution in [2.75, 3.05) is 5.73 Å². The minimum atomic E-state index is -0.225. The first-order valence-corrected chi connectivity index (χ1v) is 6.64. The third kappa shape index (κ3) is 3.27. The maximum atomic E-state index is 12.2. The molecule has 20 heavy (non-hydrogen) atoms. The number of nitrogens with two attached hydrogens (primary N) is 1. The lowest BCUT2D eigenvalue weighted by Crippen LogP contribution is -2.27. The van der Waals surface area contributed by atoms with Gasteiger partial charge in [-0.2, -0.15) is 0 Å². The number of amides is 1. The highest BCUT2D eigenvalue weighted by molar-refractivity contribution is 6.29. The SMILES string of the molecule is Cc1ccccc1C(C)NC(=O)c1cc(N)nc(Cl)c1. The van der Waals surface area contributed by atoms with Gasteiger partial charge in [0.15, 0.2) is 0 Å². The molecule has 4 nitrogen and oxygen atoms in total. The van der Waals surface area contributed by atoms with Crippen LogP contribution in [0, 0.1) is 6.92 Å². The van der Waals surface area contributed by atoms with Crippen LogP contribution >= 0.6 is 11.6 Å². The molecule has 0 saturated carbocycles. The number of nitrogen functional groups attached to an aromatic ring is 1. The first-order valence-electron chi connectivity index (χ1n) is 6.27. The summed E-state index contributed by atoms with van der Waals surface area (Å²) < 4.78 is 0. The normalized spacial score (nSPS) is 11.9. The summed E-state index contributed by atoms with van der Waals surface area (Å²) in [7, 11) is 0. The van der Waals surface area contributed by atoms with E-state index in [1.807, 2.05) is 38.1 Å². The number of aryl methyl sites for hydroxylation is 1. The molecule has 1 unspecified atom stereocenters. The van der Waals surface area contributed by atoms with Crippen LogP contribution in [0.4, 0.5) is 5.82 Å². The molecule has 1 heterocycles. The number of hydrogen-bond donors (Lipinski definition) is 2. The van der Waals surface area contributed by atoms with Gasteiger partial charge in [0.05, 0.1) is 6.04 Å². The summed E-state index contributed by atoms with van der Waals surface area (Å²) in [5, 5.41) is 3.13. The van der Waals surface area contributed by atoms with Gasteiger partial charge in [-0.15, -0.1) is 0 Å². The van der Waals surface area contributed by atoms with E-state index in [-0.39, 0.29) is 22.9 Å². The molecule has 1 aromatic carbocycles. The van der Waals surface area contributed by atoms with Gasteiger partial charge in [-0.25, -0.2) is 4.98 Å². The molecular formula is C15H16ClN3O. The van der Waals surface area contributed by atoms with Gasteiger partial charge < -0.3 is 11.1 Å². The molecule has 2 aromatic rings. The van der Waals surface area contributed by atoms with Crippen molar-refractivity contribution in [1.29, 1.82) is 0 Å². The number of halogens is 1. The molecule has 1 atom stereocenters. The zero-order valence-electron chi connectivity index (χ0n) is 11.4. The third-order valence-electron chi connectivity index (χ3n) is 3.08. The fourth-order valence-electron chi connectivity index (χ4n) is 2.08. The smallest absolute Gasteiger partial charge is 0.251 e. The van der Waals surface area contributed by atoms with Crippen LogP contribution in [-0.4, -0.2) is 10.9 Å². The number of aromatic nitrogens is 1. The van der Waals surface area contributed by atoms with Crippen molar-refractivity contribution in [1.82, 2.24) is 10.3 Å². The molecule has 5 heteroatoms. The van der Waals surface area contributed by atoms with Crippen molar-refractivity contribution < 1.29 is 4.79 Å². The molecule has 0 aliphatic heterocycles.